The molecule has 0 saturated carbocycles. The molecule has 0 aromatic carbocycles. The smallest absolute Gasteiger partial charge is 0.756 e. The third kappa shape index (κ3) is 40.7. The quantitative estimate of drug-likeness (QED) is 0.0200. The van der Waals surface area contributed by atoms with Gasteiger partial charge in [-0.3, -0.25) is 14.2 Å². The van der Waals surface area contributed by atoms with Crippen molar-refractivity contribution >= 4 is 19.8 Å². The van der Waals surface area contributed by atoms with E-state index in [0.29, 0.717) is 12.8 Å². The largest absolute Gasteiger partial charge is 1.00 e. The molecule has 0 radical (unpaired) electrons. The average molecular weight is 765 g/mol. The fraction of sp³-hybridized carbons (Fsp3) is 0.857. The van der Waals surface area contributed by atoms with Crippen molar-refractivity contribution in [3.63, 3.8) is 0 Å². The zero-order chi connectivity index (χ0) is 37.5. The fourth-order valence-corrected chi connectivity index (χ4v) is 6.54. The maximum Gasteiger partial charge on any atom is 1.00 e. The summed E-state index contributed by atoms with van der Waals surface area (Å²) in [7, 11) is -4.54. The molecule has 0 aromatic heterocycles. The van der Waals surface area contributed by atoms with Gasteiger partial charge in [0.05, 0.1) is 13.2 Å². The average Bonchev–Trinajstić information content (AvgIpc) is 3.11. The summed E-state index contributed by atoms with van der Waals surface area (Å²) in [6.07, 6.45) is 39.7. The van der Waals surface area contributed by atoms with Crippen LogP contribution in [-0.2, 0) is 32.7 Å². The van der Waals surface area contributed by atoms with Gasteiger partial charge in [-0.25, -0.2) is 0 Å². The number of unbranched alkanes of at least 4 members (excludes halogenated alkanes) is 22. The van der Waals surface area contributed by atoms with Gasteiger partial charge in [0.1, 0.15) is 6.61 Å². The molecule has 0 aliphatic carbocycles. The topological polar surface area (TPSA) is 111 Å². The molecule has 0 N–H and O–H groups in total. The SMILES string of the molecule is CCCCCCCC/C=C/CCCCCCCC(=O)OCC(COP(=O)([O-])OCCC)OC(=O)CCCCCCC/C=C/CCCCCCCC.[Na+]. The van der Waals surface area contributed by atoms with Crippen molar-refractivity contribution in [3.05, 3.63) is 24.3 Å². The Morgan fingerprint density at radius 3 is 1.33 bits per heavy atom. The number of carbonyl (C=O) groups is 2. The van der Waals surface area contributed by atoms with Gasteiger partial charge in [0.15, 0.2) is 6.10 Å². The van der Waals surface area contributed by atoms with E-state index in [-0.39, 0.29) is 55.6 Å². The van der Waals surface area contributed by atoms with Gasteiger partial charge >= 0.3 is 41.5 Å². The second-order valence-corrected chi connectivity index (χ2v) is 15.5. The number of phosphoric ester groups is 1. The number of carbonyl (C=O) groups excluding carboxylic acids is 2. The van der Waals surface area contributed by atoms with Gasteiger partial charge in [0.2, 0.25) is 0 Å². The molecule has 0 aliphatic rings. The predicted octanol–water partition coefficient (Wildman–Crippen LogP) is 9.43. The van der Waals surface area contributed by atoms with Gasteiger partial charge in [0, 0.05) is 12.8 Å². The van der Waals surface area contributed by atoms with Crippen LogP contribution in [0.5, 0.6) is 0 Å². The molecule has 0 amide bonds. The first kappa shape index (κ1) is 53.6. The minimum atomic E-state index is -4.54. The second-order valence-electron chi connectivity index (χ2n) is 14.0. The Balaban J connectivity index is 0. The third-order valence-corrected chi connectivity index (χ3v) is 9.85. The summed E-state index contributed by atoms with van der Waals surface area (Å²) in [5.41, 5.74) is 0. The molecular formula is C42H78NaO8P. The van der Waals surface area contributed by atoms with Gasteiger partial charge in [-0.1, -0.05) is 148 Å². The molecule has 2 unspecified atom stereocenters. The summed E-state index contributed by atoms with van der Waals surface area (Å²) in [6.45, 7) is 5.58. The van der Waals surface area contributed by atoms with E-state index in [2.05, 4.69) is 38.2 Å². The van der Waals surface area contributed by atoms with Crippen LogP contribution in [0.4, 0.5) is 0 Å². The summed E-state index contributed by atoms with van der Waals surface area (Å²) >= 11 is 0. The van der Waals surface area contributed by atoms with Gasteiger partial charge in [0.25, 0.3) is 7.82 Å². The van der Waals surface area contributed by atoms with Gasteiger partial charge in [-0.05, 0) is 70.6 Å². The molecule has 0 heterocycles. The Morgan fingerprint density at radius 1 is 0.519 bits per heavy atom. The number of allylic oxidation sites excluding steroid dienone is 4. The van der Waals surface area contributed by atoms with Crippen molar-refractivity contribution in [2.75, 3.05) is 19.8 Å². The Labute approximate surface area is 342 Å². The molecule has 0 aromatic rings. The van der Waals surface area contributed by atoms with E-state index in [4.69, 9.17) is 18.5 Å². The summed E-state index contributed by atoms with van der Waals surface area (Å²) < 4.78 is 32.6. The van der Waals surface area contributed by atoms with Crippen LogP contribution in [0.2, 0.25) is 0 Å². The first-order valence-electron chi connectivity index (χ1n) is 21.1. The van der Waals surface area contributed by atoms with E-state index in [0.717, 1.165) is 70.6 Å². The number of phosphoric acid groups is 1. The van der Waals surface area contributed by atoms with Crippen molar-refractivity contribution in [2.45, 2.75) is 213 Å². The van der Waals surface area contributed by atoms with Gasteiger partial charge in [-0.2, -0.15) is 0 Å². The number of ether oxygens (including phenoxy) is 2. The summed E-state index contributed by atoms with van der Waals surface area (Å²) in [6, 6.07) is 0. The van der Waals surface area contributed by atoms with Crippen molar-refractivity contribution in [2.24, 2.45) is 0 Å². The molecule has 8 nitrogen and oxygen atoms in total. The first-order chi connectivity index (χ1) is 24.8. The summed E-state index contributed by atoms with van der Waals surface area (Å²) in [5, 5.41) is 0. The Hall–Kier alpha value is -0.470. The van der Waals surface area contributed by atoms with Crippen molar-refractivity contribution in [1.29, 1.82) is 0 Å². The van der Waals surface area contributed by atoms with Crippen molar-refractivity contribution in [3.8, 4) is 0 Å². The first-order valence-corrected chi connectivity index (χ1v) is 22.6. The van der Waals surface area contributed by atoms with Crippen LogP contribution in [0.15, 0.2) is 24.3 Å². The molecule has 0 bridgehead atoms. The molecule has 300 valence electrons. The van der Waals surface area contributed by atoms with Crippen LogP contribution in [0.1, 0.15) is 207 Å². The van der Waals surface area contributed by atoms with Crippen LogP contribution in [-0.4, -0.2) is 37.9 Å². The van der Waals surface area contributed by atoms with E-state index in [1.54, 1.807) is 6.92 Å². The molecular weight excluding hydrogens is 686 g/mol. The van der Waals surface area contributed by atoms with E-state index in [9.17, 15) is 19.0 Å². The summed E-state index contributed by atoms with van der Waals surface area (Å²) in [4.78, 5) is 37.0. The minimum absolute atomic E-state index is 0. The predicted molar refractivity (Wildman–Crippen MR) is 210 cm³/mol. The fourth-order valence-electron chi connectivity index (χ4n) is 5.71. The Kier molecular flexibility index (Phi) is 43.0. The van der Waals surface area contributed by atoms with Crippen LogP contribution in [0.25, 0.3) is 0 Å². The maximum atomic E-state index is 12.5. The van der Waals surface area contributed by atoms with Gasteiger partial charge < -0.3 is 23.4 Å². The number of hydrogen-bond donors (Lipinski definition) is 0. The van der Waals surface area contributed by atoms with E-state index in [1.165, 1.54) is 89.9 Å². The number of rotatable bonds is 39. The Bertz CT molecular complexity index is 897. The minimum Gasteiger partial charge on any atom is -0.756 e. The third-order valence-electron chi connectivity index (χ3n) is 8.89. The molecule has 0 spiro atoms. The van der Waals surface area contributed by atoms with Crippen LogP contribution in [0, 0.1) is 0 Å². The van der Waals surface area contributed by atoms with Crippen LogP contribution >= 0.6 is 7.82 Å². The molecule has 0 fully saturated rings. The van der Waals surface area contributed by atoms with E-state index < -0.39 is 32.5 Å². The van der Waals surface area contributed by atoms with Gasteiger partial charge in [-0.15, -0.1) is 0 Å². The molecule has 0 rings (SSSR count). The number of esters is 2. The Morgan fingerprint density at radius 2 is 0.904 bits per heavy atom. The van der Waals surface area contributed by atoms with Crippen LogP contribution < -0.4 is 34.5 Å². The second kappa shape index (κ2) is 41.7. The molecule has 2 atom stereocenters. The van der Waals surface area contributed by atoms with E-state index >= 15 is 0 Å². The maximum absolute atomic E-state index is 12.5. The normalized spacial score (nSPS) is 13.3. The standard InChI is InChI=1S/C42H79O8P.Na/c1-4-7-9-11-13-15-17-19-21-23-25-27-29-31-33-35-41(43)47-38-40(39-49-51(45,46)48-37-6-3)50-42(44)36-34-32-30-28-26-24-22-20-18-16-14-12-10-8-5-2;/h19-22,40H,4-18,23-39H2,1-3H3,(H,45,46);/q;+1/p-1/b21-19+,22-20+;. The van der Waals surface area contributed by atoms with Crippen molar-refractivity contribution < 1.29 is 67.1 Å². The van der Waals surface area contributed by atoms with Crippen molar-refractivity contribution in [1.82, 2.24) is 0 Å². The monoisotopic (exact) mass is 765 g/mol. The molecule has 0 saturated heterocycles. The summed E-state index contributed by atoms with van der Waals surface area (Å²) in [5.74, 6) is -0.844. The molecule has 10 heteroatoms. The van der Waals surface area contributed by atoms with E-state index in [1.807, 2.05) is 0 Å². The molecule has 0 aliphatic heterocycles. The zero-order valence-corrected chi connectivity index (χ0v) is 37.1. The zero-order valence-electron chi connectivity index (χ0n) is 34.2. The van der Waals surface area contributed by atoms with Crippen LogP contribution in [0.3, 0.4) is 0 Å². The number of hydrogen-bond acceptors (Lipinski definition) is 8. The molecule has 52 heavy (non-hydrogen) atoms.